The number of nitrogens with one attached hydrogen (secondary N) is 1. The van der Waals surface area contributed by atoms with Crippen LogP contribution >= 0.6 is 0 Å². The van der Waals surface area contributed by atoms with E-state index < -0.39 is 6.04 Å². The van der Waals surface area contributed by atoms with E-state index in [2.05, 4.69) is 12.2 Å². The minimum absolute atomic E-state index is 0.0903. The zero-order chi connectivity index (χ0) is 12.4. The number of aromatic hydroxyl groups is 1. The highest BCUT2D eigenvalue weighted by Crippen LogP contribution is 2.28. The predicted molar refractivity (Wildman–Crippen MR) is 65.5 cm³/mol. The van der Waals surface area contributed by atoms with Crippen LogP contribution in [0, 0.1) is 5.92 Å². The summed E-state index contributed by atoms with van der Waals surface area (Å²) in [4.78, 5) is 11.7. The molecular formula is C13H18N2O2. The lowest BCUT2D eigenvalue weighted by Gasteiger charge is -2.12. The van der Waals surface area contributed by atoms with E-state index in [0.717, 1.165) is 12.0 Å². The van der Waals surface area contributed by atoms with Crippen LogP contribution in [0.3, 0.4) is 0 Å². The second-order valence-corrected chi connectivity index (χ2v) is 4.81. The average molecular weight is 234 g/mol. The van der Waals surface area contributed by atoms with Crippen molar-refractivity contribution in [2.24, 2.45) is 11.7 Å². The number of hydrogen-bond acceptors (Lipinski definition) is 3. The lowest BCUT2D eigenvalue weighted by atomic mass is 10.1. The smallest absolute Gasteiger partial charge is 0.237 e. The van der Waals surface area contributed by atoms with Gasteiger partial charge in [0.1, 0.15) is 5.75 Å². The van der Waals surface area contributed by atoms with Gasteiger partial charge in [0.15, 0.2) is 0 Å². The van der Waals surface area contributed by atoms with Crippen LogP contribution in [-0.4, -0.2) is 23.1 Å². The highest BCUT2D eigenvalue weighted by atomic mass is 16.3. The van der Waals surface area contributed by atoms with E-state index in [-0.39, 0.29) is 11.7 Å². The van der Waals surface area contributed by atoms with E-state index in [1.54, 1.807) is 24.3 Å². The molecule has 92 valence electrons. The standard InChI is InChI=1S/C13H18N2O2/c1-8-6-12(8)15-13(17)11(14)7-9-2-4-10(16)5-3-9/h2-5,8,11-12,16H,6-7,14H2,1H3,(H,15,17)/t8?,11-,12?/m1/s1. The average Bonchev–Trinajstić information content (AvgIpc) is 2.97. The zero-order valence-corrected chi connectivity index (χ0v) is 9.89. The molecule has 1 aromatic carbocycles. The molecule has 1 aliphatic carbocycles. The molecule has 17 heavy (non-hydrogen) atoms. The van der Waals surface area contributed by atoms with Crippen molar-refractivity contribution < 1.29 is 9.90 Å². The van der Waals surface area contributed by atoms with E-state index >= 15 is 0 Å². The summed E-state index contributed by atoms with van der Waals surface area (Å²) < 4.78 is 0. The van der Waals surface area contributed by atoms with Crippen molar-refractivity contribution >= 4 is 5.91 Å². The maximum atomic E-state index is 11.7. The summed E-state index contributed by atoms with van der Waals surface area (Å²) in [5.74, 6) is 0.714. The van der Waals surface area contributed by atoms with Gasteiger partial charge in [0.2, 0.25) is 5.91 Å². The number of rotatable bonds is 4. The van der Waals surface area contributed by atoms with Gasteiger partial charge in [-0.1, -0.05) is 19.1 Å². The highest BCUT2D eigenvalue weighted by Gasteiger charge is 2.34. The fourth-order valence-electron chi connectivity index (χ4n) is 1.79. The van der Waals surface area contributed by atoms with Crippen molar-refractivity contribution in [2.75, 3.05) is 0 Å². The summed E-state index contributed by atoms with van der Waals surface area (Å²) in [6.45, 7) is 2.11. The van der Waals surface area contributed by atoms with E-state index in [1.165, 1.54) is 0 Å². The fourth-order valence-corrected chi connectivity index (χ4v) is 1.79. The number of nitrogens with two attached hydrogens (primary N) is 1. The first-order valence-corrected chi connectivity index (χ1v) is 5.90. The van der Waals surface area contributed by atoms with Crippen molar-refractivity contribution in [1.29, 1.82) is 0 Å². The number of hydrogen-bond donors (Lipinski definition) is 3. The number of phenols is 1. The molecule has 0 radical (unpaired) electrons. The Morgan fingerprint density at radius 1 is 1.53 bits per heavy atom. The second-order valence-electron chi connectivity index (χ2n) is 4.81. The number of phenolic OH excluding ortho intramolecular Hbond substituents is 1. The largest absolute Gasteiger partial charge is 0.508 e. The van der Waals surface area contributed by atoms with Gasteiger partial charge in [-0.05, 0) is 36.5 Å². The molecule has 0 heterocycles. The lowest BCUT2D eigenvalue weighted by Crippen LogP contribution is -2.43. The van der Waals surface area contributed by atoms with Crippen molar-refractivity contribution in [3.63, 3.8) is 0 Å². The highest BCUT2D eigenvalue weighted by molar-refractivity contribution is 5.82. The van der Waals surface area contributed by atoms with Gasteiger partial charge in [-0.15, -0.1) is 0 Å². The Bertz CT molecular complexity index is 402. The molecule has 1 amide bonds. The van der Waals surface area contributed by atoms with Crippen molar-refractivity contribution in [1.82, 2.24) is 5.32 Å². The zero-order valence-electron chi connectivity index (χ0n) is 9.89. The molecule has 0 bridgehead atoms. The first-order chi connectivity index (χ1) is 8.06. The van der Waals surface area contributed by atoms with Crippen LogP contribution in [0.5, 0.6) is 5.75 Å². The molecule has 2 unspecified atom stereocenters. The molecule has 1 saturated carbocycles. The van der Waals surface area contributed by atoms with Gasteiger partial charge in [0, 0.05) is 6.04 Å². The van der Waals surface area contributed by atoms with Gasteiger partial charge < -0.3 is 16.2 Å². The minimum atomic E-state index is -0.521. The van der Waals surface area contributed by atoms with Gasteiger partial charge in [0.25, 0.3) is 0 Å². The van der Waals surface area contributed by atoms with E-state index in [0.29, 0.717) is 18.4 Å². The minimum Gasteiger partial charge on any atom is -0.508 e. The van der Waals surface area contributed by atoms with Gasteiger partial charge in [-0.2, -0.15) is 0 Å². The fraction of sp³-hybridized carbons (Fsp3) is 0.462. The van der Waals surface area contributed by atoms with Gasteiger partial charge >= 0.3 is 0 Å². The van der Waals surface area contributed by atoms with Crippen LogP contribution in [0.1, 0.15) is 18.9 Å². The molecule has 4 heteroatoms. The summed E-state index contributed by atoms with van der Waals surface area (Å²) in [6, 6.07) is 6.55. The molecule has 1 aromatic rings. The SMILES string of the molecule is CC1CC1NC(=O)[C@H](N)Cc1ccc(O)cc1. The van der Waals surface area contributed by atoms with Crippen molar-refractivity contribution in [2.45, 2.75) is 31.8 Å². The molecule has 0 aromatic heterocycles. The van der Waals surface area contributed by atoms with Gasteiger partial charge in [-0.25, -0.2) is 0 Å². The predicted octanol–water partition coefficient (Wildman–Crippen LogP) is 0.787. The van der Waals surface area contributed by atoms with E-state index in [4.69, 9.17) is 10.8 Å². The van der Waals surface area contributed by atoms with Crippen LogP contribution < -0.4 is 11.1 Å². The number of benzene rings is 1. The molecule has 1 aliphatic rings. The molecule has 4 nitrogen and oxygen atoms in total. The Kier molecular flexibility index (Phi) is 3.33. The van der Waals surface area contributed by atoms with Gasteiger partial charge in [-0.3, -0.25) is 4.79 Å². The van der Waals surface area contributed by atoms with Crippen LogP contribution in [0.2, 0.25) is 0 Å². The third-order valence-corrected chi connectivity index (χ3v) is 3.17. The van der Waals surface area contributed by atoms with Crippen LogP contribution in [-0.2, 0) is 11.2 Å². The van der Waals surface area contributed by atoms with E-state index in [1.807, 2.05) is 0 Å². The quantitative estimate of drug-likeness (QED) is 0.721. The third-order valence-electron chi connectivity index (χ3n) is 3.17. The maximum absolute atomic E-state index is 11.7. The molecule has 3 atom stereocenters. The monoisotopic (exact) mass is 234 g/mol. The summed E-state index contributed by atoms with van der Waals surface area (Å²) in [7, 11) is 0. The Morgan fingerprint density at radius 2 is 2.12 bits per heavy atom. The number of carbonyl (C=O) groups is 1. The number of amides is 1. The topological polar surface area (TPSA) is 75.4 Å². The molecule has 0 saturated heterocycles. The van der Waals surface area contributed by atoms with Crippen LogP contribution in [0.15, 0.2) is 24.3 Å². The summed E-state index contributed by atoms with van der Waals surface area (Å²) in [6.07, 6.45) is 1.55. The van der Waals surface area contributed by atoms with Gasteiger partial charge in [0.05, 0.1) is 6.04 Å². The molecule has 1 fully saturated rings. The number of carbonyl (C=O) groups excluding carboxylic acids is 1. The van der Waals surface area contributed by atoms with Crippen molar-refractivity contribution in [3.05, 3.63) is 29.8 Å². The van der Waals surface area contributed by atoms with E-state index in [9.17, 15) is 4.79 Å². The maximum Gasteiger partial charge on any atom is 0.237 e. The Morgan fingerprint density at radius 3 is 2.65 bits per heavy atom. The Balaban J connectivity index is 1.85. The van der Waals surface area contributed by atoms with Crippen LogP contribution in [0.4, 0.5) is 0 Å². The van der Waals surface area contributed by atoms with Crippen LogP contribution in [0.25, 0.3) is 0 Å². The first kappa shape index (κ1) is 11.9. The third kappa shape index (κ3) is 3.20. The lowest BCUT2D eigenvalue weighted by molar-refractivity contribution is -0.122. The second kappa shape index (κ2) is 4.75. The molecule has 4 N–H and O–H groups in total. The molecule has 0 spiro atoms. The molecule has 2 rings (SSSR count). The molecular weight excluding hydrogens is 216 g/mol. The Labute approximate surface area is 101 Å². The first-order valence-electron chi connectivity index (χ1n) is 5.90. The summed E-state index contributed by atoms with van der Waals surface area (Å²) in [5, 5.41) is 12.1. The normalized spacial score (nSPS) is 24.1. The van der Waals surface area contributed by atoms with Crippen molar-refractivity contribution in [3.8, 4) is 5.75 Å². The summed E-state index contributed by atoms with van der Waals surface area (Å²) >= 11 is 0. The summed E-state index contributed by atoms with van der Waals surface area (Å²) in [5.41, 5.74) is 6.79. The molecule has 0 aliphatic heterocycles. The Hall–Kier alpha value is -1.55.